The van der Waals surface area contributed by atoms with E-state index in [4.69, 9.17) is 33.2 Å². The Morgan fingerprint density at radius 1 is 0.526 bits per heavy atom. The molecular formula is C28H28O10. The molecule has 3 rings (SSSR count). The van der Waals surface area contributed by atoms with Crippen molar-refractivity contribution in [2.45, 2.75) is 13.8 Å². The molecule has 38 heavy (non-hydrogen) atoms. The smallest absolute Gasteiger partial charge is 0.343 e. The number of esters is 3. The molecule has 0 aliphatic rings. The topological polar surface area (TPSA) is 116 Å². The molecule has 0 saturated carbocycles. The molecule has 3 aromatic carbocycles. The van der Waals surface area contributed by atoms with Gasteiger partial charge in [0.25, 0.3) is 0 Å². The maximum absolute atomic E-state index is 12.9. The van der Waals surface area contributed by atoms with E-state index < -0.39 is 17.9 Å². The maximum Gasteiger partial charge on any atom is 0.343 e. The van der Waals surface area contributed by atoms with Gasteiger partial charge in [-0.2, -0.15) is 0 Å². The number of rotatable bonds is 11. The van der Waals surface area contributed by atoms with Crippen molar-refractivity contribution in [3.05, 3.63) is 71.3 Å². The lowest BCUT2D eigenvalue weighted by atomic mass is 10.1. The molecule has 0 bridgehead atoms. The van der Waals surface area contributed by atoms with Crippen LogP contribution in [0.1, 0.15) is 44.9 Å². The fourth-order valence-corrected chi connectivity index (χ4v) is 3.34. The minimum Gasteiger partial charge on any atom is -0.493 e. The van der Waals surface area contributed by atoms with E-state index in [1.54, 1.807) is 26.0 Å². The van der Waals surface area contributed by atoms with E-state index in [1.165, 1.54) is 63.8 Å². The minimum absolute atomic E-state index is 0.122. The van der Waals surface area contributed by atoms with Crippen LogP contribution in [0, 0.1) is 0 Å². The summed E-state index contributed by atoms with van der Waals surface area (Å²) >= 11 is 0. The van der Waals surface area contributed by atoms with Crippen LogP contribution in [0.15, 0.2) is 54.6 Å². The molecule has 200 valence electrons. The molecule has 3 aromatic rings. The summed E-state index contributed by atoms with van der Waals surface area (Å²) in [6.07, 6.45) is 0. The molecule has 0 heterocycles. The van der Waals surface area contributed by atoms with Gasteiger partial charge in [0, 0.05) is 0 Å². The van der Waals surface area contributed by atoms with E-state index in [2.05, 4.69) is 0 Å². The summed E-state index contributed by atoms with van der Waals surface area (Å²) in [6.45, 7) is 3.90. The number of methoxy groups -OCH3 is 3. The second-order valence-electron chi connectivity index (χ2n) is 7.53. The third kappa shape index (κ3) is 6.52. The van der Waals surface area contributed by atoms with E-state index >= 15 is 0 Å². The van der Waals surface area contributed by atoms with Crippen molar-refractivity contribution in [2.24, 2.45) is 0 Å². The van der Waals surface area contributed by atoms with E-state index in [0.29, 0.717) is 22.8 Å². The van der Waals surface area contributed by atoms with E-state index in [9.17, 15) is 14.4 Å². The molecule has 0 unspecified atom stereocenters. The first-order valence-corrected chi connectivity index (χ1v) is 11.6. The highest BCUT2D eigenvalue weighted by Crippen LogP contribution is 2.38. The first-order valence-electron chi connectivity index (χ1n) is 11.6. The molecule has 10 nitrogen and oxygen atoms in total. The Kier molecular flexibility index (Phi) is 9.53. The highest BCUT2D eigenvalue weighted by Gasteiger charge is 2.19. The van der Waals surface area contributed by atoms with E-state index in [1.807, 2.05) is 0 Å². The summed E-state index contributed by atoms with van der Waals surface area (Å²) < 4.78 is 37.5. The number of hydrogen-bond acceptors (Lipinski definition) is 10. The van der Waals surface area contributed by atoms with E-state index in [-0.39, 0.29) is 41.6 Å². The largest absolute Gasteiger partial charge is 0.493 e. The Morgan fingerprint density at radius 3 is 1.29 bits per heavy atom. The monoisotopic (exact) mass is 524 g/mol. The summed E-state index contributed by atoms with van der Waals surface area (Å²) in [5, 5.41) is 0. The van der Waals surface area contributed by atoms with Crippen LogP contribution in [0.2, 0.25) is 0 Å². The second kappa shape index (κ2) is 13.0. The van der Waals surface area contributed by atoms with Gasteiger partial charge < -0.3 is 33.2 Å². The summed E-state index contributed by atoms with van der Waals surface area (Å²) in [5.41, 5.74) is 0.750. The van der Waals surface area contributed by atoms with Gasteiger partial charge in [-0.1, -0.05) is 0 Å². The molecule has 0 atom stereocenters. The van der Waals surface area contributed by atoms with Crippen LogP contribution in [0.3, 0.4) is 0 Å². The van der Waals surface area contributed by atoms with Crippen LogP contribution < -0.4 is 23.7 Å². The van der Waals surface area contributed by atoms with Crippen LogP contribution in [0.4, 0.5) is 0 Å². The first kappa shape index (κ1) is 27.9. The van der Waals surface area contributed by atoms with Crippen molar-refractivity contribution in [3.8, 4) is 34.5 Å². The van der Waals surface area contributed by atoms with Crippen LogP contribution in [-0.4, -0.2) is 52.5 Å². The molecule has 0 fully saturated rings. The lowest BCUT2D eigenvalue weighted by molar-refractivity contribution is 0.0516. The summed E-state index contributed by atoms with van der Waals surface area (Å²) in [5.74, 6) is -0.205. The van der Waals surface area contributed by atoms with Crippen molar-refractivity contribution < 1.29 is 47.5 Å². The maximum atomic E-state index is 12.9. The zero-order valence-corrected chi connectivity index (χ0v) is 21.7. The van der Waals surface area contributed by atoms with Crippen molar-refractivity contribution >= 4 is 17.9 Å². The fourth-order valence-electron chi connectivity index (χ4n) is 3.34. The Balaban J connectivity index is 1.81. The van der Waals surface area contributed by atoms with Crippen LogP contribution in [-0.2, 0) is 9.47 Å². The van der Waals surface area contributed by atoms with Gasteiger partial charge in [0.15, 0.2) is 34.5 Å². The first-order chi connectivity index (χ1) is 18.3. The average Bonchev–Trinajstić information content (AvgIpc) is 2.93. The molecular weight excluding hydrogens is 496 g/mol. The second-order valence-corrected chi connectivity index (χ2v) is 7.53. The molecule has 0 N–H and O–H groups in total. The van der Waals surface area contributed by atoms with Crippen molar-refractivity contribution in [3.63, 3.8) is 0 Å². The zero-order chi connectivity index (χ0) is 27.7. The molecule has 0 aliphatic carbocycles. The van der Waals surface area contributed by atoms with Gasteiger partial charge in [0.05, 0.1) is 51.2 Å². The third-order valence-corrected chi connectivity index (χ3v) is 5.17. The Labute approximate surface area is 219 Å². The molecule has 0 saturated heterocycles. The van der Waals surface area contributed by atoms with Gasteiger partial charge in [0.2, 0.25) is 0 Å². The van der Waals surface area contributed by atoms with Gasteiger partial charge in [0.1, 0.15) is 0 Å². The quantitative estimate of drug-likeness (QED) is 0.248. The number of ether oxygens (including phenoxy) is 7. The number of hydrogen-bond donors (Lipinski definition) is 0. The van der Waals surface area contributed by atoms with Crippen molar-refractivity contribution in [2.75, 3.05) is 34.5 Å². The number of carbonyl (C=O) groups excluding carboxylic acids is 3. The van der Waals surface area contributed by atoms with Crippen LogP contribution in [0.25, 0.3) is 0 Å². The minimum atomic E-state index is -0.687. The predicted molar refractivity (Wildman–Crippen MR) is 136 cm³/mol. The van der Waals surface area contributed by atoms with Crippen molar-refractivity contribution in [1.82, 2.24) is 0 Å². The summed E-state index contributed by atoms with van der Waals surface area (Å²) in [4.78, 5) is 36.9. The van der Waals surface area contributed by atoms with Gasteiger partial charge in [-0.05, 0) is 68.4 Å². The van der Waals surface area contributed by atoms with Gasteiger partial charge in [-0.3, -0.25) is 0 Å². The van der Waals surface area contributed by atoms with Gasteiger partial charge >= 0.3 is 17.9 Å². The molecule has 0 aromatic heterocycles. The summed E-state index contributed by atoms with van der Waals surface area (Å²) in [7, 11) is 4.26. The lowest BCUT2D eigenvalue weighted by Gasteiger charge is -2.15. The zero-order valence-electron chi connectivity index (χ0n) is 21.7. The number of benzene rings is 3. The highest BCUT2D eigenvalue weighted by molar-refractivity contribution is 5.93. The molecule has 0 spiro atoms. The molecule has 10 heteroatoms. The fraction of sp³-hybridized carbons (Fsp3) is 0.250. The van der Waals surface area contributed by atoms with E-state index in [0.717, 1.165) is 0 Å². The standard InChI is InChI=1S/C28H28O10/c1-6-35-26(29)17-8-11-20(23(14-17)32-3)37-21-12-10-19(16-24(21)33-4)28(31)38-22-13-9-18(15-25(22)34-5)27(30)36-7-2/h8-16H,6-7H2,1-5H3. The normalized spacial score (nSPS) is 10.2. The lowest BCUT2D eigenvalue weighted by Crippen LogP contribution is -2.11. The number of carbonyl (C=O) groups is 3. The van der Waals surface area contributed by atoms with Crippen LogP contribution in [0.5, 0.6) is 34.5 Å². The van der Waals surface area contributed by atoms with Gasteiger partial charge in [-0.25, -0.2) is 14.4 Å². The Bertz CT molecular complexity index is 1310. The molecule has 0 aliphatic heterocycles. The average molecular weight is 525 g/mol. The Hall–Kier alpha value is -4.73. The van der Waals surface area contributed by atoms with Crippen molar-refractivity contribution in [1.29, 1.82) is 0 Å². The Morgan fingerprint density at radius 2 is 0.895 bits per heavy atom. The molecule has 0 amide bonds. The van der Waals surface area contributed by atoms with Crippen LogP contribution >= 0.6 is 0 Å². The summed E-state index contributed by atoms with van der Waals surface area (Å²) in [6, 6.07) is 13.5. The molecule has 0 radical (unpaired) electrons. The predicted octanol–water partition coefficient (Wildman–Crippen LogP) is 5.08. The SMILES string of the molecule is CCOC(=O)c1ccc(OC(=O)c2ccc(Oc3ccc(C(=O)OCC)cc3OC)c(OC)c2)c(OC)c1. The third-order valence-electron chi connectivity index (χ3n) is 5.17. The van der Waals surface area contributed by atoms with Gasteiger partial charge in [-0.15, -0.1) is 0 Å². The highest BCUT2D eigenvalue weighted by atomic mass is 16.6.